The van der Waals surface area contributed by atoms with E-state index in [1.54, 1.807) is 23.3 Å². The molecule has 0 radical (unpaired) electrons. The topological polar surface area (TPSA) is 0 Å². The van der Waals surface area contributed by atoms with Crippen molar-refractivity contribution in [1.82, 2.24) is 0 Å². The van der Waals surface area contributed by atoms with Crippen molar-refractivity contribution < 1.29 is 23.3 Å². The van der Waals surface area contributed by atoms with Crippen molar-refractivity contribution in [3.8, 4) is 11.1 Å². The van der Waals surface area contributed by atoms with Crippen molar-refractivity contribution in [1.29, 1.82) is 0 Å². The Labute approximate surface area is 192 Å². The third kappa shape index (κ3) is 6.76. The molecule has 2 heteroatoms. The number of benzene rings is 2. The Hall–Kier alpha value is -1.50. The van der Waals surface area contributed by atoms with Gasteiger partial charge in [0.05, 0.1) is 0 Å². The average Bonchev–Trinajstić information content (AvgIpc) is 3.20. The molecule has 0 fully saturated rings. The fraction of sp³-hybridized carbons (Fsp3) is 0.259. The Morgan fingerprint density at radius 2 is 1.28 bits per heavy atom. The van der Waals surface area contributed by atoms with Crippen LogP contribution in [0, 0.1) is 34.6 Å². The Bertz CT molecular complexity index is 1050. The average molecular weight is 476 g/mol. The summed E-state index contributed by atoms with van der Waals surface area (Å²) < 4.78 is 0. The number of rotatable bonds is 1. The number of aryl methyl sites for hydroxylation is 3. The van der Waals surface area contributed by atoms with Crippen LogP contribution >= 0.6 is 0 Å². The Morgan fingerprint density at radius 1 is 0.759 bits per heavy atom. The van der Waals surface area contributed by atoms with Crippen LogP contribution in [0.1, 0.15) is 27.8 Å². The van der Waals surface area contributed by atoms with Crippen LogP contribution in [0.2, 0.25) is 13.1 Å². The van der Waals surface area contributed by atoms with Crippen LogP contribution in [0.4, 0.5) is 0 Å². The second-order valence-electron chi connectivity index (χ2n) is 7.96. The zero-order valence-electron chi connectivity index (χ0n) is 18.9. The third-order valence-electron chi connectivity index (χ3n) is 5.22. The fourth-order valence-electron chi connectivity index (χ4n) is 3.27. The van der Waals surface area contributed by atoms with E-state index in [0.29, 0.717) is 0 Å². The van der Waals surface area contributed by atoms with Gasteiger partial charge in [-0.15, -0.1) is 46.7 Å². The van der Waals surface area contributed by atoms with Gasteiger partial charge in [0.1, 0.15) is 0 Å². The van der Waals surface area contributed by atoms with E-state index in [9.17, 15) is 0 Å². The second-order valence-corrected chi connectivity index (χ2v) is 17.3. The Morgan fingerprint density at radius 3 is 1.76 bits per heavy atom. The minimum atomic E-state index is 0.210. The Balaban J connectivity index is 0.000000195. The normalized spacial score (nSPS) is 10.1. The first-order valence-corrected chi connectivity index (χ1v) is 16.3. The van der Waals surface area contributed by atoms with E-state index in [4.69, 9.17) is 0 Å². The van der Waals surface area contributed by atoms with Crippen LogP contribution in [0.15, 0.2) is 66.7 Å². The van der Waals surface area contributed by atoms with Gasteiger partial charge in [-0.2, -0.15) is 28.3 Å². The summed E-state index contributed by atoms with van der Waals surface area (Å²) in [5.74, 6) is 0. The molecule has 0 atom stereocenters. The molecule has 0 saturated carbocycles. The first-order chi connectivity index (χ1) is 13.7. The van der Waals surface area contributed by atoms with Crippen LogP contribution in [0.3, 0.4) is 0 Å². The molecular weight excluding hydrogens is 444 g/mol. The van der Waals surface area contributed by atoms with Crippen molar-refractivity contribution >= 4 is 16.2 Å². The number of fused-ring (bicyclic) bond motifs is 1. The van der Waals surface area contributed by atoms with E-state index >= 15 is 0 Å². The summed E-state index contributed by atoms with van der Waals surface area (Å²) in [6.07, 6.45) is 0. The van der Waals surface area contributed by atoms with E-state index < -0.39 is 0 Å². The molecule has 29 heavy (non-hydrogen) atoms. The molecule has 0 N–H and O–H groups in total. The molecule has 0 saturated heterocycles. The summed E-state index contributed by atoms with van der Waals surface area (Å²) in [4.78, 5) is 0. The van der Waals surface area contributed by atoms with Crippen molar-refractivity contribution in [2.24, 2.45) is 0 Å². The van der Waals surface area contributed by atoms with E-state index in [1.807, 2.05) is 0 Å². The smallest absolute Gasteiger partial charge is 0.0398 e. The number of hydrogen-bond acceptors (Lipinski definition) is 0. The maximum absolute atomic E-state index is 2.31. The number of hydrogen-bond donors (Lipinski definition) is 0. The van der Waals surface area contributed by atoms with Gasteiger partial charge in [-0.05, 0) is 6.92 Å². The molecule has 0 unspecified atom stereocenters. The molecule has 148 valence electrons. The van der Waals surface area contributed by atoms with Crippen LogP contribution in [-0.4, -0.2) is 5.43 Å². The third-order valence-corrected chi connectivity index (χ3v) is 5.22. The van der Waals surface area contributed by atoms with Crippen molar-refractivity contribution in [3.05, 3.63) is 94.5 Å². The van der Waals surface area contributed by atoms with Gasteiger partial charge in [0.15, 0.2) is 0 Å². The van der Waals surface area contributed by atoms with Crippen molar-refractivity contribution in [2.45, 2.75) is 47.7 Å². The molecule has 0 aliphatic heterocycles. The largest absolute Gasteiger partial charge is 0.196 e. The van der Waals surface area contributed by atoms with Gasteiger partial charge in [0, 0.05) is 0 Å². The van der Waals surface area contributed by atoms with Gasteiger partial charge in [0.2, 0.25) is 0 Å². The summed E-state index contributed by atoms with van der Waals surface area (Å²) in [6, 6.07) is 23.9. The summed E-state index contributed by atoms with van der Waals surface area (Å²) in [6.45, 7) is 15.4. The standard InChI is InChI=1S/C16H13.C9H13.C2H6Si.Zr/c1-12-6-8-14(9-7-12)16-11-10-13-4-2-3-5-15(13)16;1-6-5-7(2)9(4)8(6)3;1-3-2;/h2-11H,1H3;5H,1-4H3;1-2H3;/q2*-1;;+2. The molecule has 0 aliphatic rings. The summed E-state index contributed by atoms with van der Waals surface area (Å²) in [5.41, 5.74) is 9.89. The molecule has 0 spiro atoms. The molecule has 0 aromatic heterocycles. The molecule has 0 amide bonds. The Kier molecular flexibility index (Phi) is 9.05. The van der Waals surface area contributed by atoms with Gasteiger partial charge in [-0.25, -0.2) is 0 Å². The van der Waals surface area contributed by atoms with Crippen LogP contribution < -0.4 is 0 Å². The second kappa shape index (κ2) is 11.0. The van der Waals surface area contributed by atoms with Gasteiger partial charge in [0.25, 0.3) is 0 Å². The predicted octanol–water partition coefficient (Wildman–Crippen LogP) is 7.96. The SMILES string of the molecule is C[Si](C)=[Zr+2].Cc1[cH-]c(C)c(C)c1C.Cc1ccc(-c2c[cH-]c3ccccc23)cc1. The van der Waals surface area contributed by atoms with E-state index in [1.165, 1.54) is 49.7 Å². The van der Waals surface area contributed by atoms with Gasteiger partial charge < -0.3 is 0 Å². The zero-order valence-corrected chi connectivity index (χ0v) is 22.3. The minimum absolute atomic E-state index is 0.210. The van der Waals surface area contributed by atoms with Crippen molar-refractivity contribution in [3.63, 3.8) is 0 Å². The van der Waals surface area contributed by atoms with E-state index in [-0.39, 0.29) is 5.43 Å². The zero-order chi connectivity index (χ0) is 21.6. The van der Waals surface area contributed by atoms with Gasteiger partial charge >= 0.3 is 41.9 Å². The fourth-order valence-corrected chi connectivity index (χ4v) is 3.27. The quantitative estimate of drug-likeness (QED) is 0.193. The van der Waals surface area contributed by atoms with Crippen LogP contribution in [-0.2, 0) is 23.3 Å². The van der Waals surface area contributed by atoms with E-state index in [2.05, 4.69) is 114 Å². The van der Waals surface area contributed by atoms with E-state index in [0.717, 1.165) is 0 Å². The summed E-state index contributed by atoms with van der Waals surface area (Å²) in [5, 5.41) is 2.66. The molecule has 0 nitrogen and oxygen atoms in total. The van der Waals surface area contributed by atoms with Gasteiger partial charge in [-0.3, -0.25) is 0 Å². The first kappa shape index (κ1) is 23.8. The monoisotopic (exact) mass is 474 g/mol. The van der Waals surface area contributed by atoms with Gasteiger partial charge in [-0.1, -0.05) is 69.2 Å². The van der Waals surface area contributed by atoms with Crippen LogP contribution in [0.5, 0.6) is 0 Å². The summed E-state index contributed by atoms with van der Waals surface area (Å²) in [7, 11) is 0. The first-order valence-electron chi connectivity index (χ1n) is 10.1. The molecule has 0 bridgehead atoms. The molecule has 0 heterocycles. The molecule has 0 aliphatic carbocycles. The maximum Gasteiger partial charge on any atom is -0.0398 e. The minimum Gasteiger partial charge on any atom is -0.196 e. The maximum atomic E-state index is 2.31. The molecule has 4 aromatic rings. The van der Waals surface area contributed by atoms with Crippen molar-refractivity contribution in [2.75, 3.05) is 0 Å². The van der Waals surface area contributed by atoms with Crippen LogP contribution in [0.25, 0.3) is 21.9 Å². The predicted molar refractivity (Wildman–Crippen MR) is 128 cm³/mol. The summed E-state index contributed by atoms with van der Waals surface area (Å²) >= 11 is 1.74. The molecule has 4 aromatic carbocycles. The molecular formula is C27H32SiZr. The molecule has 4 rings (SSSR count).